The summed E-state index contributed by atoms with van der Waals surface area (Å²) in [7, 11) is 1.88. The number of nitrogens with one attached hydrogen (secondary N) is 1. The highest BCUT2D eigenvalue weighted by Gasteiger charge is 2.17. The fourth-order valence-corrected chi connectivity index (χ4v) is 2.88. The van der Waals surface area contributed by atoms with Crippen molar-refractivity contribution in [1.82, 2.24) is 5.32 Å². The maximum absolute atomic E-state index is 6.28. The quantitative estimate of drug-likeness (QED) is 0.634. The molecule has 0 bridgehead atoms. The van der Waals surface area contributed by atoms with Gasteiger partial charge >= 0.3 is 0 Å². The van der Waals surface area contributed by atoms with Gasteiger partial charge in [0.25, 0.3) is 0 Å². The van der Waals surface area contributed by atoms with Gasteiger partial charge in [-0.05, 0) is 59.0 Å². The monoisotopic (exact) mass is 425 g/mol. The van der Waals surface area contributed by atoms with E-state index < -0.39 is 0 Å². The van der Waals surface area contributed by atoms with Gasteiger partial charge in [0, 0.05) is 3.57 Å². The van der Waals surface area contributed by atoms with E-state index >= 15 is 0 Å². The highest BCUT2D eigenvalue weighted by atomic mass is 127. The second-order valence-corrected chi connectivity index (χ2v) is 6.39. The van der Waals surface area contributed by atoms with Crippen LogP contribution in [-0.2, 0) is 0 Å². The lowest BCUT2D eigenvalue weighted by atomic mass is 9.99. The summed E-state index contributed by atoms with van der Waals surface area (Å²) in [4.78, 5) is 0. The number of rotatable bonds is 3. The van der Waals surface area contributed by atoms with Gasteiger partial charge in [0.05, 0.1) is 21.1 Å². The molecule has 0 aromatic heterocycles. The normalized spacial score (nSPS) is 12.5. The van der Waals surface area contributed by atoms with Crippen LogP contribution in [0.2, 0.25) is 15.1 Å². The van der Waals surface area contributed by atoms with Gasteiger partial charge in [-0.25, -0.2) is 0 Å². The summed E-state index contributed by atoms with van der Waals surface area (Å²) in [5.41, 5.74) is 1.99. The summed E-state index contributed by atoms with van der Waals surface area (Å²) in [5, 5.41) is 5.10. The van der Waals surface area contributed by atoms with E-state index in [1.54, 1.807) is 6.07 Å². The Morgan fingerprint density at radius 1 is 1.05 bits per heavy atom. The number of hydrogen-bond acceptors (Lipinski definition) is 1. The van der Waals surface area contributed by atoms with Crippen LogP contribution in [0.4, 0.5) is 0 Å². The van der Waals surface area contributed by atoms with Crippen LogP contribution in [0.5, 0.6) is 0 Å². The highest BCUT2D eigenvalue weighted by molar-refractivity contribution is 14.1. The molecule has 1 unspecified atom stereocenters. The maximum Gasteiger partial charge on any atom is 0.0643 e. The molecule has 2 aromatic rings. The Labute approximate surface area is 141 Å². The van der Waals surface area contributed by atoms with Gasteiger partial charge in [-0.3, -0.25) is 0 Å². The second kappa shape index (κ2) is 6.64. The zero-order valence-corrected chi connectivity index (χ0v) is 14.5. The van der Waals surface area contributed by atoms with Crippen molar-refractivity contribution in [3.63, 3.8) is 0 Å². The third-order valence-corrected chi connectivity index (χ3v) is 5.26. The van der Waals surface area contributed by atoms with Crippen LogP contribution in [0.25, 0.3) is 0 Å². The van der Waals surface area contributed by atoms with Crippen LogP contribution in [0, 0.1) is 3.57 Å². The number of benzene rings is 2. The van der Waals surface area contributed by atoms with E-state index in [4.69, 9.17) is 34.8 Å². The van der Waals surface area contributed by atoms with Crippen LogP contribution in [-0.4, -0.2) is 7.05 Å². The van der Waals surface area contributed by atoms with Gasteiger partial charge < -0.3 is 5.32 Å². The molecule has 0 saturated carbocycles. The first-order chi connectivity index (χ1) is 9.04. The predicted molar refractivity (Wildman–Crippen MR) is 91.5 cm³/mol. The second-order valence-electron chi connectivity index (χ2n) is 4.04. The molecule has 5 heteroatoms. The minimum atomic E-state index is -0.0410. The summed E-state index contributed by atoms with van der Waals surface area (Å²) in [6.07, 6.45) is 0. The molecule has 2 aromatic carbocycles. The van der Waals surface area contributed by atoms with Crippen molar-refractivity contribution in [2.24, 2.45) is 0 Å². The molecule has 0 saturated heterocycles. The first-order valence-electron chi connectivity index (χ1n) is 5.60. The molecule has 1 nitrogen and oxygen atoms in total. The molecule has 19 heavy (non-hydrogen) atoms. The van der Waals surface area contributed by atoms with Gasteiger partial charge in [0.2, 0.25) is 0 Å². The molecule has 1 N–H and O–H groups in total. The van der Waals surface area contributed by atoms with Crippen LogP contribution in [0.1, 0.15) is 17.2 Å². The van der Waals surface area contributed by atoms with E-state index in [0.29, 0.717) is 10.0 Å². The van der Waals surface area contributed by atoms with Crippen LogP contribution >= 0.6 is 57.4 Å². The summed E-state index contributed by atoms with van der Waals surface area (Å²) in [6.45, 7) is 0. The standard InChI is InChI=1S/C14H11Cl3IN/c1-19-14(8-5-6-12(18)11(16)7-8)9-3-2-4-10(15)13(9)17/h2-7,14,19H,1H3. The topological polar surface area (TPSA) is 12.0 Å². The van der Waals surface area contributed by atoms with Crippen molar-refractivity contribution in [2.75, 3.05) is 7.05 Å². The minimum Gasteiger partial charge on any atom is -0.309 e. The van der Waals surface area contributed by atoms with E-state index in [2.05, 4.69) is 27.9 Å². The summed E-state index contributed by atoms with van der Waals surface area (Å²) >= 11 is 20.7. The predicted octanol–water partition coefficient (Wildman–Crippen LogP) is 5.56. The number of halogens is 4. The Bertz CT molecular complexity index is 601. The molecule has 0 aliphatic carbocycles. The van der Waals surface area contributed by atoms with Crippen molar-refractivity contribution in [1.29, 1.82) is 0 Å². The fraction of sp³-hybridized carbons (Fsp3) is 0.143. The smallest absolute Gasteiger partial charge is 0.0643 e. The van der Waals surface area contributed by atoms with Crippen LogP contribution in [0.15, 0.2) is 36.4 Å². The first-order valence-corrected chi connectivity index (χ1v) is 7.82. The van der Waals surface area contributed by atoms with E-state index in [1.807, 2.05) is 37.4 Å². The maximum atomic E-state index is 6.28. The third-order valence-electron chi connectivity index (χ3n) is 2.86. The summed E-state index contributed by atoms with van der Waals surface area (Å²) in [5.74, 6) is 0. The molecule has 1 atom stereocenters. The van der Waals surface area contributed by atoms with Crippen molar-refractivity contribution in [2.45, 2.75) is 6.04 Å². The van der Waals surface area contributed by atoms with Gasteiger partial charge in [0.15, 0.2) is 0 Å². The Morgan fingerprint density at radius 2 is 1.79 bits per heavy atom. The Balaban J connectivity index is 2.50. The Hall–Kier alpha value is -0.000000000000000167. The lowest BCUT2D eigenvalue weighted by molar-refractivity contribution is 0.692. The van der Waals surface area contributed by atoms with Gasteiger partial charge in [0.1, 0.15) is 0 Å². The van der Waals surface area contributed by atoms with Gasteiger partial charge in [-0.1, -0.05) is 53.0 Å². The molecular weight excluding hydrogens is 415 g/mol. The summed E-state index contributed by atoms with van der Waals surface area (Å²) < 4.78 is 1.02. The van der Waals surface area contributed by atoms with Crippen molar-refractivity contribution >= 4 is 57.4 Å². The molecule has 0 fully saturated rings. The molecule has 0 aliphatic rings. The SMILES string of the molecule is CNC(c1ccc(I)c(Cl)c1)c1cccc(Cl)c1Cl. The molecule has 0 radical (unpaired) electrons. The average Bonchev–Trinajstić information content (AvgIpc) is 2.39. The van der Waals surface area contributed by atoms with Crippen LogP contribution < -0.4 is 5.32 Å². The van der Waals surface area contributed by atoms with Crippen molar-refractivity contribution in [3.8, 4) is 0 Å². The highest BCUT2D eigenvalue weighted by Crippen LogP contribution is 2.34. The van der Waals surface area contributed by atoms with E-state index in [9.17, 15) is 0 Å². The van der Waals surface area contributed by atoms with Gasteiger partial charge in [-0.2, -0.15) is 0 Å². The zero-order valence-electron chi connectivity index (χ0n) is 10.1. The lowest BCUT2D eigenvalue weighted by Gasteiger charge is -2.19. The molecule has 100 valence electrons. The van der Waals surface area contributed by atoms with Gasteiger partial charge in [-0.15, -0.1) is 0 Å². The number of hydrogen-bond donors (Lipinski definition) is 1. The fourth-order valence-electron chi connectivity index (χ4n) is 1.94. The Kier molecular flexibility index (Phi) is 5.37. The van der Waals surface area contributed by atoms with E-state index in [0.717, 1.165) is 19.7 Å². The molecule has 2 rings (SSSR count). The molecule has 0 spiro atoms. The first kappa shape index (κ1) is 15.4. The van der Waals surface area contributed by atoms with Crippen molar-refractivity contribution in [3.05, 3.63) is 66.2 Å². The third kappa shape index (κ3) is 3.37. The lowest BCUT2D eigenvalue weighted by Crippen LogP contribution is -2.18. The molecular formula is C14H11Cl3IN. The minimum absolute atomic E-state index is 0.0410. The average molecular weight is 427 g/mol. The Morgan fingerprint density at radius 3 is 2.42 bits per heavy atom. The molecule has 0 aliphatic heterocycles. The van der Waals surface area contributed by atoms with Crippen LogP contribution in [0.3, 0.4) is 0 Å². The van der Waals surface area contributed by atoms with Crippen molar-refractivity contribution < 1.29 is 0 Å². The van der Waals surface area contributed by atoms with E-state index in [-0.39, 0.29) is 6.04 Å². The zero-order chi connectivity index (χ0) is 14.0. The largest absolute Gasteiger partial charge is 0.309 e. The van der Waals surface area contributed by atoms with E-state index in [1.165, 1.54) is 0 Å². The molecule has 0 amide bonds. The summed E-state index contributed by atoms with van der Waals surface area (Å²) in [6, 6.07) is 11.6. The molecule has 0 heterocycles.